The number of hydrogen-bond acceptors (Lipinski definition) is 3. The van der Waals surface area contributed by atoms with Crippen LogP contribution in [0.25, 0.3) is 0 Å². The third-order valence-corrected chi connectivity index (χ3v) is 5.17. The Hall–Kier alpha value is -1.29. The first-order valence-electron chi connectivity index (χ1n) is 8.99. The molecule has 0 spiro atoms. The van der Waals surface area contributed by atoms with Crippen LogP contribution in [0, 0.1) is 0 Å². The van der Waals surface area contributed by atoms with Gasteiger partial charge >= 0.3 is 0 Å². The number of aliphatic imine (C=N–C) groups is 1. The topological polar surface area (TPSA) is 48.7 Å². The molecule has 0 bridgehead atoms. The predicted molar refractivity (Wildman–Crippen MR) is 126 cm³/mol. The van der Waals surface area contributed by atoms with Crippen LogP contribution in [0.2, 0.25) is 0 Å². The lowest BCUT2D eigenvalue weighted by Crippen LogP contribution is -2.38. The minimum absolute atomic E-state index is 0. The van der Waals surface area contributed by atoms with Gasteiger partial charge in [-0.05, 0) is 52.5 Å². The van der Waals surface area contributed by atoms with E-state index in [0.29, 0.717) is 0 Å². The maximum Gasteiger partial charge on any atom is 0.194 e. The Balaban J connectivity index is 0.00000261. The maximum atomic E-state index is 4.52. The lowest BCUT2D eigenvalue weighted by molar-refractivity contribution is 0.461. The van der Waals surface area contributed by atoms with Crippen molar-refractivity contribution in [1.82, 2.24) is 19.8 Å². The van der Waals surface area contributed by atoms with Crippen LogP contribution in [0.5, 0.6) is 0 Å². The van der Waals surface area contributed by atoms with E-state index in [1.807, 2.05) is 13.2 Å². The normalized spacial score (nSPS) is 14.2. The number of nitrogens with one attached hydrogen (secondary N) is 1. The summed E-state index contributed by atoms with van der Waals surface area (Å²) >= 11 is 3.53. The molecule has 6 nitrogen and oxygen atoms in total. The van der Waals surface area contributed by atoms with E-state index >= 15 is 0 Å². The highest BCUT2D eigenvalue weighted by molar-refractivity contribution is 14.0. The highest BCUT2D eigenvalue weighted by atomic mass is 127. The summed E-state index contributed by atoms with van der Waals surface area (Å²) in [5, 5.41) is 3.46. The molecule has 3 rings (SSSR count). The molecule has 0 amide bonds. The number of anilines is 1. The fourth-order valence-electron chi connectivity index (χ4n) is 3.30. The zero-order chi connectivity index (χ0) is 18.5. The van der Waals surface area contributed by atoms with Crippen LogP contribution in [-0.4, -0.2) is 47.6 Å². The van der Waals surface area contributed by atoms with Gasteiger partial charge in [-0.2, -0.15) is 0 Å². The number of nitrogens with zero attached hydrogens (tertiary/aromatic N) is 5. The van der Waals surface area contributed by atoms with Gasteiger partial charge in [-0.1, -0.05) is 0 Å². The van der Waals surface area contributed by atoms with E-state index in [-0.39, 0.29) is 24.0 Å². The monoisotopic (exact) mass is 546 g/mol. The summed E-state index contributed by atoms with van der Waals surface area (Å²) in [5.41, 5.74) is 2.45. The van der Waals surface area contributed by atoms with E-state index in [1.54, 1.807) is 0 Å². The Morgan fingerprint density at radius 3 is 2.70 bits per heavy atom. The summed E-state index contributed by atoms with van der Waals surface area (Å²) in [6, 6.07) is 6.38. The van der Waals surface area contributed by atoms with Gasteiger partial charge in [-0.25, -0.2) is 4.98 Å². The second-order valence-electron chi connectivity index (χ2n) is 6.73. The van der Waals surface area contributed by atoms with Crippen molar-refractivity contribution in [2.45, 2.75) is 25.9 Å². The minimum Gasteiger partial charge on any atom is -0.357 e. The van der Waals surface area contributed by atoms with Gasteiger partial charge in [0.1, 0.15) is 5.82 Å². The average molecular weight is 547 g/mol. The first-order chi connectivity index (χ1) is 12.6. The molecule has 0 atom stereocenters. The molecule has 2 aromatic rings. The second-order valence-corrected chi connectivity index (χ2v) is 7.65. The lowest BCUT2D eigenvalue weighted by atomic mass is 10.2. The molecule has 148 valence electrons. The first kappa shape index (κ1) is 22.0. The number of pyridine rings is 1. The van der Waals surface area contributed by atoms with E-state index in [2.05, 4.69) is 84.1 Å². The number of hydrogen-bond donors (Lipinski definition) is 1. The van der Waals surface area contributed by atoms with Gasteiger partial charge in [-0.15, -0.1) is 24.0 Å². The van der Waals surface area contributed by atoms with Crippen molar-refractivity contribution in [3.05, 3.63) is 46.3 Å². The third-order valence-electron chi connectivity index (χ3n) is 4.74. The standard InChI is InChI=1S/C19H27BrN6.HI/c1-21-19(25(3)14-17-11-16(20)13-24(17)2)23-12-15-6-7-22-18(10-15)26-8-4-5-9-26;/h6-7,10-11,13H,4-5,8-9,12,14H2,1-3H3,(H,21,23);1H. The van der Waals surface area contributed by atoms with Crippen LogP contribution in [0.4, 0.5) is 5.82 Å². The van der Waals surface area contributed by atoms with Crippen LogP contribution in [-0.2, 0) is 20.1 Å². The largest absolute Gasteiger partial charge is 0.357 e. The quantitative estimate of drug-likeness (QED) is 0.353. The molecule has 27 heavy (non-hydrogen) atoms. The Labute approximate surface area is 187 Å². The zero-order valence-corrected chi connectivity index (χ0v) is 20.1. The van der Waals surface area contributed by atoms with Crippen LogP contribution in [0.3, 0.4) is 0 Å². The van der Waals surface area contributed by atoms with Crippen LogP contribution in [0.15, 0.2) is 40.1 Å². The highest BCUT2D eigenvalue weighted by Crippen LogP contribution is 2.18. The van der Waals surface area contributed by atoms with Gasteiger partial charge in [0.2, 0.25) is 0 Å². The number of rotatable bonds is 5. The summed E-state index contributed by atoms with van der Waals surface area (Å²) < 4.78 is 3.22. The SMILES string of the molecule is CN=C(NCc1ccnc(N2CCCC2)c1)N(C)Cc1cc(Br)cn1C.I. The summed E-state index contributed by atoms with van der Waals surface area (Å²) in [4.78, 5) is 13.4. The predicted octanol–water partition coefficient (Wildman–Crippen LogP) is 3.61. The summed E-state index contributed by atoms with van der Waals surface area (Å²) in [5.74, 6) is 1.96. The molecule has 1 aliphatic rings. The second kappa shape index (κ2) is 10.3. The van der Waals surface area contributed by atoms with Crippen LogP contribution in [0.1, 0.15) is 24.1 Å². The minimum atomic E-state index is 0. The van der Waals surface area contributed by atoms with Crippen molar-refractivity contribution in [3.8, 4) is 0 Å². The molecular formula is C19H28BrIN6. The number of aromatic nitrogens is 2. The molecule has 1 aliphatic heterocycles. The first-order valence-corrected chi connectivity index (χ1v) is 9.78. The van der Waals surface area contributed by atoms with Crippen molar-refractivity contribution in [2.24, 2.45) is 12.0 Å². The van der Waals surface area contributed by atoms with Crippen molar-refractivity contribution < 1.29 is 0 Å². The Bertz CT molecular complexity index is 769. The van der Waals surface area contributed by atoms with E-state index in [4.69, 9.17) is 0 Å². The van der Waals surface area contributed by atoms with Crippen molar-refractivity contribution in [1.29, 1.82) is 0 Å². The molecule has 0 aromatic carbocycles. The molecule has 1 N–H and O–H groups in total. The Kier molecular flexibility index (Phi) is 8.40. The molecule has 1 fully saturated rings. The van der Waals surface area contributed by atoms with Crippen molar-refractivity contribution >= 4 is 51.7 Å². The molecule has 1 saturated heterocycles. The number of aryl methyl sites for hydroxylation is 1. The van der Waals surface area contributed by atoms with E-state index in [0.717, 1.165) is 42.4 Å². The van der Waals surface area contributed by atoms with Gasteiger partial charge in [0, 0.05) is 63.3 Å². The van der Waals surface area contributed by atoms with Crippen LogP contribution >= 0.6 is 39.9 Å². The lowest BCUT2D eigenvalue weighted by Gasteiger charge is -2.23. The highest BCUT2D eigenvalue weighted by Gasteiger charge is 2.14. The van der Waals surface area contributed by atoms with Crippen molar-refractivity contribution in [2.75, 3.05) is 32.1 Å². The summed E-state index contributed by atoms with van der Waals surface area (Å²) in [7, 11) is 5.93. The van der Waals surface area contributed by atoms with Gasteiger partial charge in [0.25, 0.3) is 0 Å². The van der Waals surface area contributed by atoms with E-state index < -0.39 is 0 Å². The van der Waals surface area contributed by atoms with Gasteiger partial charge in [0.15, 0.2) is 5.96 Å². The molecular weight excluding hydrogens is 519 g/mol. The number of halogens is 2. The summed E-state index contributed by atoms with van der Waals surface area (Å²) in [6.45, 7) is 3.75. The fourth-order valence-corrected chi connectivity index (χ4v) is 3.87. The van der Waals surface area contributed by atoms with E-state index in [9.17, 15) is 0 Å². The summed E-state index contributed by atoms with van der Waals surface area (Å²) in [6.07, 6.45) is 6.49. The van der Waals surface area contributed by atoms with Crippen molar-refractivity contribution in [3.63, 3.8) is 0 Å². The molecule has 0 radical (unpaired) electrons. The molecule has 0 unspecified atom stereocenters. The van der Waals surface area contributed by atoms with E-state index in [1.165, 1.54) is 24.1 Å². The van der Waals surface area contributed by atoms with Gasteiger partial charge in [-0.3, -0.25) is 4.99 Å². The fraction of sp³-hybridized carbons (Fsp3) is 0.474. The molecule has 3 heterocycles. The van der Waals surface area contributed by atoms with Gasteiger partial charge < -0.3 is 19.7 Å². The van der Waals surface area contributed by atoms with Gasteiger partial charge in [0.05, 0.1) is 6.54 Å². The zero-order valence-electron chi connectivity index (χ0n) is 16.2. The third kappa shape index (κ3) is 5.84. The molecule has 2 aromatic heterocycles. The average Bonchev–Trinajstić information content (AvgIpc) is 3.26. The molecule has 0 aliphatic carbocycles. The molecule has 8 heteroatoms. The molecule has 0 saturated carbocycles. The maximum absolute atomic E-state index is 4.52. The van der Waals surface area contributed by atoms with Crippen LogP contribution < -0.4 is 10.2 Å². The Morgan fingerprint density at radius 2 is 2.07 bits per heavy atom. The number of guanidine groups is 1. The smallest absolute Gasteiger partial charge is 0.194 e. The Morgan fingerprint density at radius 1 is 1.33 bits per heavy atom.